The van der Waals surface area contributed by atoms with Crippen LogP contribution in [0.25, 0.3) is 11.0 Å². The maximum atomic E-state index is 12.7. The molecule has 4 nitrogen and oxygen atoms in total. The maximum Gasteiger partial charge on any atom is 0.224 e. The first kappa shape index (κ1) is 14.7. The van der Waals surface area contributed by atoms with Gasteiger partial charge in [-0.1, -0.05) is 36.4 Å². The SMILES string of the molecule is Cn1c(CNC(=O)C2CC23CCc2ccccc23)nc2ccccc21. The van der Waals surface area contributed by atoms with Crippen LogP contribution in [0.1, 0.15) is 29.8 Å². The lowest BCUT2D eigenvalue weighted by Crippen LogP contribution is -2.28. The van der Waals surface area contributed by atoms with Crippen LogP contribution in [0, 0.1) is 5.92 Å². The number of rotatable bonds is 3. The van der Waals surface area contributed by atoms with Crippen LogP contribution in [-0.4, -0.2) is 15.5 Å². The number of amides is 1. The average Bonchev–Trinajstić information content (AvgIpc) is 3.14. The van der Waals surface area contributed by atoms with Gasteiger partial charge in [0.05, 0.1) is 17.6 Å². The number of imidazole rings is 1. The Morgan fingerprint density at radius 1 is 1.24 bits per heavy atom. The second-order valence-corrected chi connectivity index (χ2v) is 7.36. The van der Waals surface area contributed by atoms with Gasteiger partial charge in [-0.2, -0.15) is 0 Å². The van der Waals surface area contributed by atoms with Gasteiger partial charge < -0.3 is 9.88 Å². The third-order valence-corrected chi connectivity index (χ3v) is 6.09. The smallest absolute Gasteiger partial charge is 0.224 e. The number of hydrogen-bond acceptors (Lipinski definition) is 2. The first-order valence-corrected chi connectivity index (χ1v) is 8.95. The van der Waals surface area contributed by atoms with E-state index in [4.69, 9.17) is 0 Å². The summed E-state index contributed by atoms with van der Waals surface area (Å²) < 4.78 is 2.06. The van der Waals surface area contributed by atoms with Gasteiger partial charge in [-0.15, -0.1) is 0 Å². The normalized spacial score (nSPS) is 23.8. The molecule has 5 rings (SSSR count). The predicted molar refractivity (Wildman–Crippen MR) is 97.1 cm³/mol. The highest BCUT2D eigenvalue weighted by Crippen LogP contribution is 2.61. The van der Waals surface area contributed by atoms with Gasteiger partial charge in [-0.3, -0.25) is 4.79 Å². The Labute approximate surface area is 146 Å². The van der Waals surface area contributed by atoms with Gasteiger partial charge in [-0.05, 0) is 42.5 Å². The van der Waals surface area contributed by atoms with Gasteiger partial charge in [-0.25, -0.2) is 4.98 Å². The molecule has 1 aromatic heterocycles. The van der Waals surface area contributed by atoms with E-state index in [2.05, 4.69) is 45.2 Å². The lowest BCUT2D eigenvalue weighted by atomic mass is 9.95. The number of aryl methyl sites for hydroxylation is 2. The van der Waals surface area contributed by atoms with Crippen LogP contribution in [0.5, 0.6) is 0 Å². The molecule has 4 heteroatoms. The standard InChI is InChI=1S/C21H21N3O/c1-24-18-9-5-4-8-17(18)23-19(24)13-22-20(25)16-12-21(16)11-10-14-6-2-3-7-15(14)21/h2-9,16H,10-13H2,1H3,(H,22,25). The highest BCUT2D eigenvalue weighted by molar-refractivity contribution is 5.85. The summed E-state index contributed by atoms with van der Waals surface area (Å²) in [4.78, 5) is 17.4. The monoisotopic (exact) mass is 331 g/mol. The number of benzene rings is 2. The molecule has 1 spiro atoms. The molecule has 1 heterocycles. The molecule has 2 unspecified atom stereocenters. The van der Waals surface area contributed by atoms with Crippen LogP contribution in [0.3, 0.4) is 0 Å². The number of aromatic nitrogens is 2. The molecule has 2 aliphatic carbocycles. The number of para-hydroxylation sites is 2. The molecule has 2 atom stereocenters. The maximum absolute atomic E-state index is 12.7. The molecule has 1 N–H and O–H groups in total. The first-order valence-electron chi connectivity index (χ1n) is 8.95. The van der Waals surface area contributed by atoms with Gasteiger partial charge >= 0.3 is 0 Å². The number of nitrogens with zero attached hydrogens (tertiary/aromatic N) is 2. The Kier molecular flexibility index (Phi) is 3.05. The van der Waals surface area contributed by atoms with Crippen LogP contribution in [-0.2, 0) is 30.2 Å². The van der Waals surface area contributed by atoms with E-state index >= 15 is 0 Å². The Balaban J connectivity index is 1.32. The fraction of sp³-hybridized carbons (Fsp3) is 0.333. The number of hydrogen-bond donors (Lipinski definition) is 1. The molecule has 2 aromatic carbocycles. The highest BCUT2D eigenvalue weighted by Gasteiger charge is 2.61. The summed E-state index contributed by atoms with van der Waals surface area (Å²) in [5, 5.41) is 3.12. The van der Waals surface area contributed by atoms with Crippen molar-refractivity contribution in [2.45, 2.75) is 31.2 Å². The molecular weight excluding hydrogens is 310 g/mol. The van der Waals surface area contributed by atoms with Crippen molar-refractivity contribution in [1.82, 2.24) is 14.9 Å². The number of carbonyl (C=O) groups excluding carboxylic acids is 1. The summed E-state index contributed by atoms with van der Waals surface area (Å²) >= 11 is 0. The summed E-state index contributed by atoms with van der Waals surface area (Å²) in [6.45, 7) is 0.484. The quantitative estimate of drug-likeness (QED) is 0.802. The van der Waals surface area contributed by atoms with E-state index in [1.54, 1.807) is 0 Å². The van der Waals surface area contributed by atoms with Gasteiger partial charge in [0, 0.05) is 18.4 Å². The predicted octanol–water partition coefficient (Wildman–Crippen LogP) is 3.09. The Hall–Kier alpha value is -2.62. The highest BCUT2D eigenvalue weighted by atomic mass is 16.2. The van der Waals surface area contributed by atoms with Crippen molar-refractivity contribution in [3.05, 3.63) is 65.5 Å². The third-order valence-electron chi connectivity index (χ3n) is 6.09. The zero-order chi connectivity index (χ0) is 17.0. The van der Waals surface area contributed by atoms with Gasteiger partial charge in [0.2, 0.25) is 5.91 Å². The van der Waals surface area contributed by atoms with E-state index in [1.807, 2.05) is 25.2 Å². The Morgan fingerprint density at radius 2 is 2.04 bits per heavy atom. The fourth-order valence-corrected chi connectivity index (χ4v) is 4.58. The molecule has 1 amide bonds. The largest absolute Gasteiger partial charge is 0.349 e. The van der Waals surface area contributed by atoms with Crippen LogP contribution in [0.4, 0.5) is 0 Å². The molecule has 3 aromatic rings. The second-order valence-electron chi connectivity index (χ2n) is 7.36. The Bertz CT molecular complexity index is 990. The summed E-state index contributed by atoms with van der Waals surface area (Å²) in [6.07, 6.45) is 3.19. The third kappa shape index (κ3) is 2.13. The number of carbonyl (C=O) groups is 1. The molecule has 0 aliphatic heterocycles. The fourth-order valence-electron chi connectivity index (χ4n) is 4.58. The van der Waals surface area contributed by atoms with Crippen molar-refractivity contribution in [3.8, 4) is 0 Å². The molecule has 1 saturated carbocycles. The summed E-state index contributed by atoms with van der Waals surface area (Å²) in [5.74, 6) is 1.19. The minimum Gasteiger partial charge on any atom is -0.349 e. The molecule has 1 fully saturated rings. The number of fused-ring (bicyclic) bond motifs is 3. The van der Waals surface area contributed by atoms with Crippen LogP contribution in [0.15, 0.2) is 48.5 Å². The summed E-state index contributed by atoms with van der Waals surface area (Å²) in [5.41, 5.74) is 5.00. The van der Waals surface area contributed by atoms with Crippen molar-refractivity contribution < 1.29 is 4.79 Å². The molecular formula is C21H21N3O. The van der Waals surface area contributed by atoms with Crippen molar-refractivity contribution in [2.24, 2.45) is 13.0 Å². The Morgan fingerprint density at radius 3 is 2.92 bits per heavy atom. The van der Waals surface area contributed by atoms with Crippen LogP contribution >= 0.6 is 0 Å². The van der Waals surface area contributed by atoms with E-state index in [0.717, 1.165) is 36.1 Å². The first-order chi connectivity index (χ1) is 12.2. The number of nitrogens with one attached hydrogen (secondary N) is 1. The van der Waals surface area contributed by atoms with E-state index in [9.17, 15) is 4.79 Å². The lowest BCUT2D eigenvalue weighted by molar-refractivity contribution is -0.123. The molecule has 2 aliphatic rings. The molecule has 0 bridgehead atoms. The topological polar surface area (TPSA) is 46.9 Å². The summed E-state index contributed by atoms with van der Waals surface area (Å²) in [7, 11) is 2.00. The van der Waals surface area contributed by atoms with Gasteiger partial charge in [0.15, 0.2) is 0 Å². The molecule has 25 heavy (non-hydrogen) atoms. The van der Waals surface area contributed by atoms with E-state index < -0.39 is 0 Å². The van der Waals surface area contributed by atoms with E-state index in [0.29, 0.717) is 6.54 Å². The summed E-state index contributed by atoms with van der Waals surface area (Å²) in [6, 6.07) is 16.7. The van der Waals surface area contributed by atoms with Gasteiger partial charge in [0.25, 0.3) is 0 Å². The van der Waals surface area contributed by atoms with Gasteiger partial charge in [0.1, 0.15) is 5.82 Å². The van der Waals surface area contributed by atoms with E-state index in [-0.39, 0.29) is 17.2 Å². The van der Waals surface area contributed by atoms with Crippen molar-refractivity contribution in [1.29, 1.82) is 0 Å². The minimum absolute atomic E-state index is 0.104. The van der Waals surface area contributed by atoms with Crippen LogP contribution in [0.2, 0.25) is 0 Å². The lowest BCUT2D eigenvalue weighted by Gasteiger charge is -2.11. The zero-order valence-electron chi connectivity index (χ0n) is 14.3. The van der Waals surface area contributed by atoms with E-state index in [1.165, 1.54) is 11.1 Å². The zero-order valence-corrected chi connectivity index (χ0v) is 14.3. The van der Waals surface area contributed by atoms with Crippen molar-refractivity contribution >= 4 is 16.9 Å². The minimum atomic E-state index is 0.104. The average molecular weight is 331 g/mol. The van der Waals surface area contributed by atoms with Crippen molar-refractivity contribution in [3.63, 3.8) is 0 Å². The van der Waals surface area contributed by atoms with Crippen molar-refractivity contribution in [2.75, 3.05) is 0 Å². The van der Waals surface area contributed by atoms with Crippen LogP contribution < -0.4 is 5.32 Å². The second kappa shape index (κ2) is 5.19. The molecule has 0 saturated heterocycles. The molecule has 126 valence electrons. The molecule has 0 radical (unpaired) electrons.